The van der Waals surface area contributed by atoms with Gasteiger partial charge in [0.1, 0.15) is 18.5 Å². The maximum Gasteiger partial charge on any atom is 0.125 e. The number of piperidine rings is 1. The molecule has 2 rings (SSSR count). The number of hydrogen-bond acceptors (Lipinski definition) is 3. The molecule has 3 atom stereocenters. The van der Waals surface area contributed by atoms with E-state index in [0.717, 1.165) is 41.8 Å². The third-order valence-electron chi connectivity index (χ3n) is 4.44. The Morgan fingerprint density at radius 2 is 1.68 bits per heavy atom. The zero-order valence-electron chi connectivity index (χ0n) is 14.7. The summed E-state index contributed by atoms with van der Waals surface area (Å²) in [7, 11) is 0. The molecule has 22 heavy (non-hydrogen) atoms. The van der Waals surface area contributed by atoms with Gasteiger partial charge in [0.05, 0.1) is 0 Å². The molecule has 0 bridgehead atoms. The largest absolute Gasteiger partial charge is 0.490 e. The van der Waals surface area contributed by atoms with Crippen LogP contribution in [0.5, 0.6) is 5.75 Å². The lowest BCUT2D eigenvalue weighted by Gasteiger charge is -2.36. The Hall–Kier alpha value is -1.06. The van der Waals surface area contributed by atoms with Crippen molar-refractivity contribution in [2.45, 2.75) is 47.1 Å². The van der Waals surface area contributed by atoms with Crippen molar-refractivity contribution >= 4 is 0 Å². The predicted molar refractivity (Wildman–Crippen MR) is 91.5 cm³/mol. The Labute approximate surface area is 135 Å². The molecular weight excluding hydrogens is 274 g/mol. The summed E-state index contributed by atoms with van der Waals surface area (Å²) in [6, 6.07) is 4.26. The van der Waals surface area contributed by atoms with E-state index in [1.54, 1.807) is 0 Å². The minimum atomic E-state index is -0.433. The molecule has 0 saturated carbocycles. The van der Waals surface area contributed by atoms with Gasteiger partial charge in [-0.2, -0.15) is 0 Å². The van der Waals surface area contributed by atoms with E-state index in [9.17, 15) is 5.11 Å². The van der Waals surface area contributed by atoms with Crippen molar-refractivity contribution in [1.82, 2.24) is 4.90 Å². The number of hydrogen-bond donors (Lipinski definition) is 1. The van der Waals surface area contributed by atoms with Gasteiger partial charge in [0, 0.05) is 19.6 Å². The molecule has 0 aliphatic carbocycles. The molecule has 3 nitrogen and oxygen atoms in total. The number of β-amino-alcohol motifs (C(OH)–C–C–N with tert-alkyl or cyclic N) is 1. The molecule has 0 amide bonds. The summed E-state index contributed by atoms with van der Waals surface area (Å²) in [5.74, 6) is 2.36. The van der Waals surface area contributed by atoms with E-state index in [-0.39, 0.29) is 0 Å². The van der Waals surface area contributed by atoms with Crippen LogP contribution in [0.2, 0.25) is 0 Å². The summed E-state index contributed by atoms with van der Waals surface area (Å²) in [6.07, 6.45) is 0.864. The van der Waals surface area contributed by atoms with Crippen LogP contribution in [0.15, 0.2) is 12.1 Å². The van der Waals surface area contributed by atoms with Crippen LogP contribution in [0.1, 0.15) is 37.0 Å². The van der Waals surface area contributed by atoms with Crippen molar-refractivity contribution in [3.63, 3.8) is 0 Å². The molecule has 1 heterocycles. The van der Waals surface area contributed by atoms with Crippen molar-refractivity contribution < 1.29 is 9.84 Å². The van der Waals surface area contributed by atoms with Gasteiger partial charge >= 0.3 is 0 Å². The molecule has 1 aromatic rings. The van der Waals surface area contributed by atoms with Crippen molar-refractivity contribution in [2.75, 3.05) is 26.2 Å². The topological polar surface area (TPSA) is 32.7 Å². The number of ether oxygens (including phenoxy) is 1. The van der Waals surface area contributed by atoms with Gasteiger partial charge in [-0.3, -0.25) is 0 Å². The van der Waals surface area contributed by atoms with Crippen LogP contribution in [0.3, 0.4) is 0 Å². The summed E-state index contributed by atoms with van der Waals surface area (Å²) in [5, 5.41) is 10.3. The Kier molecular flexibility index (Phi) is 5.87. The predicted octanol–water partition coefficient (Wildman–Crippen LogP) is 3.33. The molecule has 3 heteroatoms. The van der Waals surface area contributed by atoms with Crippen LogP contribution in [-0.4, -0.2) is 42.4 Å². The normalized spacial score (nSPS) is 24.3. The minimum Gasteiger partial charge on any atom is -0.490 e. The van der Waals surface area contributed by atoms with E-state index in [1.165, 1.54) is 12.0 Å². The first-order valence-corrected chi connectivity index (χ1v) is 8.46. The zero-order valence-corrected chi connectivity index (χ0v) is 14.7. The van der Waals surface area contributed by atoms with E-state index in [4.69, 9.17) is 4.74 Å². The number of aliphatic hydroxyl groups is 1. The van der Waals surface area contributed by atoms with Crippen molar-refractivity contribution in [2.24, 2.45) is 11.8 Å². The lowest BCUT2D eigenvalue weighted by Crippen LogP contribution is -2.44. The number of nitrogens with zero attached hydrogens (tertiary/aromatic N) is 1. The van der Waals surface area contributed by atoms with Gasteiger partial charge in [-0.25, -0.2) is 0 Å². The van der Waals surface area contributed by atoms with E-state index < -0.39 is 6.10 Å². The smallest absolute Gasteiger partial charge is 0.125 e. The Morgan fingerprint density at radius 3 is 2.23 bits per heavy atom. The Morgan fingerprint density at radius 1 is 1.14 bits per heavy atom. The van der Waals surface area contributed by atoms with E-state index in [0.29, 0.717) is 13.2 Å². The number of benzene rings is 1. The molecule has 124 valence electrons. The Bertz CT molecular complexity index is 467. The van der Waals surface area contributed by atoms with Crippen LogP contribution in [0.4, 0.5) is 0 Å². The first-order valence-electron chi connectivity index (χ1n) is 8.46. The molecule has 1 fully saturated rings. The third-order valence-corrected chi connectivity index (χ3v) is 4.44. The summed E-state index contributed by atoms with van der Waals surface area (Å²) < 4.78 is 5.90. The lowest BCUT2D eigenvalue weighted by atomic mass is 9.92. The highest BCUT2D eigenvalue weighted by atomic mass is 16.5. The van der Waals surface area contributed by atoms with E-state index >= 15 is 0 Å². The molecule has 1 aliphatic rings. The van der Waals surface area contributed by atoms with Gasteiger partial charge in [-0.15, -0.1) is 0 Å². The van der Waals surface area contributed by atoms with Gasteiger partial charge in [-0.05, 0) is 50.2 Å². The number of aliphatic hydroxyl groups excluding tert-OH is 1. The summed E-state index contributed by atoms with van der Waals surface area (Å²) in [6.45, 7) is 14.1. The minimum absolute atomic E-state index is 0.365. The molecule has 1 saturated heterocycles. The second kappa shape index (κ2) is 7.47. The molecule has 0 aromatic heterocycles. The first kappa shape index (κ1) is 17.3. The quantitative estimate of drug-likeness (QED) is 0.906. The third kappa shape index (κ3) is 4.72. The van der Waals surface area contributed by atoms with Crippen LogP contribution in [0, 0.1) is 32.6 Å². The van der Waals surface area contributed by atoms with Gasteiger partial charge in [0.2, 0.25) is 0 Å². The number of aryl methyl sites for hydroxylation is 3. The highest BCUT2D eigenvalue weighted by Crippen LogP contribution is 2.25. The fourth-order valence-corrected chi connectivity index (χ4v) is 3.87. The lowest BCUT2D eigenvalue weighted by molar-refractivity contribution is 0.0426. The Balaban J connectivity index is 1.86. The second-order valence-corrected chi connectivity index (χ2v) is 7.36. The first-order chi connectivity index (χ1) is 10.3. The maximum atomic E-state index is 10.3. The van der Waals surface area contributed by atoms with Gasteiger partial charge in [-0.1, -0.05) is 31.5 Å². The van der Waals surface area contributed by atoms with Crippen LogP contribution < -0.4 is 4.74 Å². The monoisotopic (exact) mass is 305 g/mol. The fourth-order valence-electron chi connectivity index (χ4n) is 3.87. The summed E-state index contributed by atoms with van der Waals surface area (Å²) >= 11 is 0. The van der Waals surface area contributed by atoms with Crippen molar-refractivity contribution in [1.29, 1.82) is 0 Å². The standard InChI is InChI=1S/C19H31NO2/c1-13-7-16(4)19(17(5)8-13)22-12-18(21)11-20-9-14(2)6-15(3)10-20/h7-8,14-15,18,21H,6,9-12H2,1-5H3/t14-,15+,18-/m0/s1. The van der Waals surface area contributed by atoms with Gasteiger partial charge in [0.15, 0.2) is 0 Å². The highest BCUT2D eigenvalue weighted by Gasteiger charge is 2.23. The van der Waals surface area contributed by atoms with Crippen molar-refractivity contribution in [3.05, 3.63) is 28.8 Å². The molecule has 1 aliphatic heterocycles. The average Bonchev–Trinajstić information content (AvgIpc) is 2.35. The highest BCUT2D eigenvalue weighted by molar-refractivity contribution is 5.42. The summed E-state index contributed by atoms with van der Waals surface area (Å²) in [4.78, 5) is 2.38. The van der Waals surface area contributed by atoms with Crippen molar-refractivity contribution in [3.8, 4) is 5.75 Å². The molecule has 1 N–H and O–H groups in total. The zero-order chi connectivity index (χ0) is 16.3. The maximum absolute atomic E-state index is 10.3. The number of rotatable bonds is 5. The number of likely N-dealkylation sites (tertiary alicyclic amines) is 1. The molecule has 0 spiro atoms. The second-order valence-electron chi connectivity index (χ2n) is 7.36. The molecule has 0 radical (unpaired) electrons. The fraction of sp³-hybridized carbons (Fsp3) is 0.684. The summed E-state index contributed by atoms with van der Waals surface area (Å²) in [5.41, 5.74) is 3.54. The van der Waals surface area contributed by atoms with Crippen LogP contribution in [0.25, 0.3) is 0 Å². The van der Waals surface area contributed by atoms with Gasteiger partial charge in [0.25, 0.3) is 0 Å². The molecule has 1 aromatic carbocycles. The van der Waals surface area contributed by atoms with Crippen LogP contribution in [-0.2, 0) is 0 Å². The molecule has 0 unspecified atom stereocenters. The van der Waals surface area contributed by atoms with Crippen LogP contribution >= 0.6 is 0 Å². The molecular formula is C19H31NO2. The SMILES string of the molecule is Cc1cc(C)c(OC[C@@H](O)CN2C[C@H](C)C[C@H](C)C2)c(C)c1. The van der Waals surface area contributed by atoms with Gasteiger partial charge < -0.3 is 14.7 Å². The average molecular weight is 305 g/mol. The van der Waals surface area contributed by atoms with E-state index in [2.05, 4.69) is 51.7 Å². The van der Waals surface area contributed by atoms with E-state index in [1.807, 2.05) is 0 Å².